The van der Waals surface area contributed by atoms with E-state index < -0.39 is 0 Å². The summed E-state index contributed by atoms with van der Waals surface area (Å²) < 4.78 is 0. The van der Waals surface area contributed by atoms with Gasteiger partial charge in [0.2, 0.25) is 0 Å². The topological polar surface area (TPSA) is 23.5 Å². The Hall–Kier alpha value is -0.0800. The molecule has 0 unspecified atom stereocenters. The van der Waals surface area contributed by atoms with Gasteiger partial charge in [-0.1, -0.05) is 27.7 Å². The Kier molecular flexibility index (Phi) is 4.19. The predicted molar refractivity (Wildman–Crippen MR) is 64.1 cm³/mol. The Morgan fingerprint density at radius 1 is 1.00 bits per heavy atom. The zero-order chi connectivity index (χ0) is 11.5. The van der Waals surface area contributed by atoms with Crippen LogP contribution < -0.4 is 0 Å². The highest BCUT2D eigenvalue weighted by molar-refractivity contribution is 5.03. The minimum atomic E-state index is 0.0226. The molecule has 0 aromatic carbocycles. The maximum absolute atomic E-state index is 10.3. The molecule has 1 N–H and O–H groups in total. The summed E-state index contributed by atoms with van der Waals surface area (Å²) >= 11 is 0. The van der Waals surface area contributed by atoms with E-state index in [4.69, 9.17) is 0 Å². The molecule has 1 aliphatic heterocycles. The summed E-state index contributed by atoms with van der Waals surface area (Å²) in [6.45, 7) is 9.85. The molecule has 90 valence electrons. The molecular weight excluding hydrogens is 186 g/mol. The summed E-state index contributed by atoms with van der Waals surface area (Å²) in [5.74, 6) is 0. The standard InChI is InChI=1S/C13H27NO/c1-5-12(6-2)10-9-11-14(15)13(12,7-3)8-4/h15H,5-11H2,1-4H3. The van der Waals surface area contributed by atoms with Crippen LogP contribution in [0.5, 0.6) is 0 Å². The van der Waals surface area contributed by atoms with Crippen LogP contribution in [0.25, 0.3) is 0 Å². The van der Waals surface area contributed by atoms with Crippen molar-refractivity contribution < 1.29 is 5.21 Å². The van der Waals surface area contributed by atoms with Crippen molar-refractivity contribution in [2.75, 3.05) is 6.54 Å². The van der Waals surface area contributed by atoms with Crippen LogP contribution in [-0.4, -0.2) is 22.4 Å². The fraction of sp³-hybridized carbons (Fsp3) is 1.00. The third kappa shape index (κ3) is 1.72. The summed E-state index contributed by atoms with van der Waals surface area (Å²) in [6.07, 6.45) is 6.90. The van der Waals surface area contributed by atoms with E-state index in [-0.39, 0.29) is 5.54 Å². The van der Waals surface area contributed by atoms with Crippen molar-refractivity contribution in [1.82, 2.24) is 5.06 Å². The van der Waals surface area contributed by atoms with Gasteiger partial charge in [0.25, 0.3) is 0 Å². The van der Waals surface area contributed by atoms with Gasteiger partial charge in [-0.3, -0.25) is 0 Å². The number of piperidine rings is 1. The number of hydroxylamine groups is 2. The molecule has 0 bridgehead atoms. The molecule has 1 aliphatic rings. The quantitative estimate of drug-likeness (QED) is 0.767. The van der Waals surface area contributed by atoms with Crippen molar-refractivity contribution in [2.45, 2.75) is 71.8 Å². The van der Waals surface area contributed by atoms with Crippen LogP contribution in [0, 0.1) is 5.41 Å². The molecule has 0 aliphatic carbocycles. The molecule has 0 spiro atoms. The summed E-state index contributed by atoms with van der Waals surface area (Å²) in [4.78, 5) is 0. The highest BCUT2D eigenvalue weighted by Crippen LogP contribution is 2.51. The van der Waals surface area contributed by atoms with Gasteiger partial charge in [-0.05, 0) is 43.9 Å². The molecule has 15 heavy (non-hydrogen) atoms. The van der Waals surface area contributed by atoms with Gasteiger partial charge in [-0.2, -0.15) is 5.06 Å². The van der Waals surface area contributed by atoms with E-state index in [0.717, 1.165) is 25.8 Å². The molecule has 0 radical (unpaired) electrons. The van der Waals surface area contributed by atoms with E-state index in [1.807, 2.05) is 0 Å². The van der Waals surface area contributed by atoms with Gasteiger partial charge in [-0.25, -0.2) is 0 Å². The lowest BCUT2D eigenvalue weighted by atomic mass is 9.59. The van der Waals surface area contributed by atoms with E-state index in [9.17, 15) is 5.21 Å². The summed E-state index contributed by atoms with van der Waals surface area (Å²) in [5.41, 5.74) is 0.345. The van der Waals surface area contributed by atoms with Gasteiger partial charge in [0.15, 0.2) is 0 Å². The van der Waals surface area contributed by atoms with Crippen LogP contribution in [0.15, 0.2) is 0 Å². The molecule has 1 rings (SSSR count). The first kappa shape index (κ1) is 13.0. The number of rotatable bonds is 4. The van der Waals surface area contributed by atoms with Gasteiger partial charge in [0.05, 0.1) is 5.54 Å². The van der Waals surface area contributed by atoms with Crippen LogP contribution >= 0.6 is 0 Å². The van der Waals surface area contributed by atoms with Gasteiger partial charge < -0.3 is 5.21 Å². The fourth-order valence-corrected chi connectivity index (χ4v) is 3.91. The smallest absolute Gasteiger partial charge is 0.0511 e. The van der Waals surface area contributed by atoms with Gasteiger partial charge in [0, 0.05) is 6.54 Å². The number of nitrogens with zero attached hydrogens (tertiary/aromatic N) is 1. The molecule has 1 saturated heterocycles. The third-order valence-electron chi connectivity index (χ3n) is 5.03. The Bertz CT molecular complexity index is 195. The minimum Gasteiger partial charge on any atom is -0.313 e. The molecule has 2 nitrogen and oxygen atoms in total. The normalized spacial score (nSPS) is 25.4. The van der Waals surface area contributed by atoms with E-state index >= 15 is 0 Å². The van der Waals surface area contributed by atoms with Crippen LogP contribution in [0.4, 0.5) is 0 Å². The van der Waals surface area contributed by atoms with Crippen LogP contribution in [0.1, 0.15) is 66.2 Å². The molecule has 2 heteroatoms. The van der Waals surface area contributed by atoms with Gasteiger partial charge >= 0.3 is 0 Å². The maximum atomic E-state index is 10.3. The summed E-state index contributed by atoms with van der Waals surface area (Å²) in [6, 6.07) is 0. The lowest BCUT2D eigenvalue weighted by Gasteiger charge is -2.57. The van der Waals surface area contributed by atoms with E-state index in [1.165, 1.54) is 19.3 Å². The summed E-state index contributed by atoms with van der Waals surface area (Å²) in [7, 11) is 0. The molecule has 1 fully saturated rings. The fourth-order valence-electron chi connectivity index (χ4n) is 3.91. The van der Waals surface area contributed by atoms with E-state index in [2.05, 4.69) is 27.7 Å². The largest absolute Gasteiger partial charge is 0.313 e. The molecule has 0 atom stereocenters. The van der Waals surface area contributed by atoms with E-state index in [1.54, 1.807) is 5.06 Å². The Balaban J connectivity index is 3.09. The molecule has 0 aromatic heterocycles. The lowest BCUT2D eigenvalue weighted by molar-refractivity contribution is -0.244. The van der Waals surface area contributed by atoms with Crippen LogP contribution in [0.2, 0.25) is 0 Å². The van der Waals surface area contributed by atoms with Gasteiger partial charge in [0.1, 0.15) is 0 Å². The molecular formula is C13H27NO. The average molecular weight is 213 g/mol. The second kappa shape index (κ2) is 4.84. The van der Waals surface area contributed by atoms with Crippen molar-refractivity contribution in [1.29, 1.82) is 0 Å². The Morgan fingerprint density at radius 3 is 1.87 bits per heavy atom. The molecule has 0 aromatic rings. The third-order valence-corrected chi connectivity index (χ3v) is 5.03. The maximum Gasteiger partial charge on any atom is 0.0511 e. The zero-order valence-electron chi connectivity index (χ0n) is 10.8. The van der Waals surface area contributed by atoms with Crippen molar-refractivity contribution >= 4 is 0 Å². The number of hydrogen-bond acceptors (Lipinski definition) is 2. The second-order valence-corrected chi connectivity index (χ2v) is 4.95. The molecule has 0 amide bonds. The Labute approximate surface area is 94.6 Å². The minimum absolute atomic E-state index is 0.0226. The monoisotopic (exact) mass is 213 g/mol. The first-order valence-electron chi connectivity index (χ1n) is 6.59. The lowest BCUT2D eigenvalue weighted by Crippen LogP contribution is -2.61. The van der Waals surface area contributed by atoms with Crippen molar-refractivity contribution in [3.63, 3.8) is 0 Å². The predicted octanol–water partition coefficient (Wildman–Crippen LogP) is 3.84. The SMILES string of the molecule is CCC1(CC)CCCN(O)C1(CC)CC. The molecule has 0 saturated carbocycles. The van der Waals surface area contributed by atoms with E-state index in [0.29, 0.717) is 5.41 Å². The Morgan fingerprint density at radius 2 is 1.53 bits per heavy atom. The highest BCUT2D eigenvalue weighted by Gasteiger charge is 2.52. The van der Waals surface area contributed by atoms with Crippen LogP contribution in [-0.2, 0) is 0 Å². The van der Waals surface area contributed by atoms with Crippen molar-refractivity contribution in [3.8, 4) is 0 Å². The van der Waals surface area contributed by atoms with Crippen molar-refractivity contribution in [3.05, 3.63) is 0 Å². The molecule has 1 heterocycles. The van der Waals surface area contributed by atoms with Gasteiger partial charge in [-0.15, -0.1) is 0 Å². The zero-order valence-corrected chi connectivity index (χ0v) is 10.8. The first-order chi connectivity index (χ1) is 7.12. The van der Waals surface area contributed by atoms with Crippen molar-refractivity contribution in [2.24, 2.45) is 5.41 Å². The number of hydrogen-bond donors (Lipinski definition) is 1. The average Bonchev–Trinajstić information content (AvgIpc) is 2.29. The van der Waals surface area contributed by atoms with Crippen LogP contribution in [0.3, 0.4) is 0 Å². The second-order valence-electron chi connectivity index (χ2n) is 4.95. The summed E-state index contributed by atoms with van der Waals surface area (Å²) in [5, 5.41) is 11.9. The first-order valence-corrected chi connectivity index (χ1v) is 6.59. The highest BCUT2D eigenvalue weighted by atomic mass is 16.5.